The van der Waals surface area contributed by atoms with E-state index in [1.165, 1.54) is 5.56 Å². The zero-order chi connectivity index (χ0) is 18.5. The molecular weight excluding hydrogens is 342 g/mol. The Labute approximate surface area is 158 Å². The lowest BCUT2D eigenvalue weighted by Gasteiger charge is -2.11. The van der Waals surface area contributed by atoms with Gasteiger partial charge in [-0.05, 0) is 67.9 Å². The largest absolute Gasteiger partial charge is 0.331 e. The highest BCUT2D eigenvalue weighted by atomic mass is 32.1. The highest BCUT2D eigenvalue weighted by Crippen LogP contribution is 2.16. The number of rotatable bonds is 4. The summed E-state index contributed by atoms with van der Waals surface area (Å²) in [5.74, 6) is 0. The highest BCUT2D eigenvalue weighted by Gasteiger charge is 2.03. The predicted molar refractivity (Wildman–Crippen MR) is 111 cm³/mol. The van der Waals surface area contributed by atoms with Crippen LogP contribution in [0.3, 0.4) is 0 Å². The van der Waals surface area contributed by atoms with E-state index in [1.54, 1.807) is 12.5 Å². The second-order valence-corrected chi connectivity index (χ2v) is 6.51. The first-order chi connectivity index (χ1) is 12.5. The molecule has 2 N–H and O–H groups in total. The summed E-state index contributed by atoms with van der Waals surface area (Å²) in [7, 11) is 0. The standard InChI is InChI=1S/C20H21N5S/c1-14-4-5-15(2)19(12-14)22-20(26)24-23-16(3)17-6-8-18(9-7-17)25-11-10-21-13-25/h4-13H,1-3H3,(H2,22,24,26). The molecule has 6 heteroatoms. The van der Waals surface area contributed by atoms with Crippen LogP contribution in [0.4, 0.5) is 5.69 Å². The van der Waals surface area contributed by atoms with Gasteiger partial charge < -0.3 is 9.88 Å². The first-order valence-corrected chi connectivity index (χ1v) is 8.71. The van der Waals surface area contributed by atoms with Crippen molar-refractivity contribution in [2.45, 2.75) is 20.8 Å². The van der Waals surface area contributed by atoms with Gasteiger partial charge in [-0.15, -0.1) is 0 Å². The van der Waals surface area contributed by atoms with Gasteiger partial charge in [0.05, 0.1) is 12.0 Å². The van der Waals surface area contributed by atoms with Crippen LogP contribution in [-0.2, 0) is 0 Å². The van der Waals surface area contributed by atoms with Gasteiger partial charge in [0, 0.05) is 23.8 Å². The van der Waals surface area contributed by atoms with E-state index in [9.17, 15) is 0 Å². The van der Waals surface area contributed by atoms with Crippen molar-refractivity contribution >= 4 is 28.7 Å². The molecule has 0 aliphatic heterocycles. The Morgan fingerprint density at radius 1 is 1.12 bits per heavy atom. The van der Waals surface area contributed by atoms with Crippen molar-refractivity contribution in [2.24, 2.45) is 5.10 Å². The van der Waals surface area contributed by atoms with Gasteiger partial charge in [-0.2, -0.15) is 5.10 Å². The molecule has 0 spiro atoms. The van der Waals surface area contributed by atoms with E-state index in [1.807, 2.05) is 48.9 Å². The molecule has 0 saturated carbocycles. The lowest BCUT2D eigenvalue weighted by Crippen LogP contribution is -2.25. The third-order valence-corrected chi connectivity index (χ3v) is 4.25. The first kappa shape index (κ1) is 17.8. The Kier molecular flexibility index (Phi) is 5.43. The van der Waals surface area contributed by atoms with Crippen molar-refractivity contribution in [3.63, 3.8) is 0 Å². The fourth-order valence-electron chi connectivity index (χ4n) is 2.51. The Hall–Kier alpha value is -2.99. The SMILES string of the molecule is CC(=NNC(=S)Nc1cc(C)ccc1C)c1ccc(-n2ccnc2)cc1. The van der Waals surface area contributed by atoms with Crippen LogP contribution in [0, 0.1) is 13.8 Å². The van der Waals surface area contributed by atoms with Crippen LogP contribution in [0.2, 0.25) is 0 Å². The average Bonchev–Trinajstić information content (AvgIpc) is 3.17. The van der Waals surface area contributed by atoms with Crippen LogP contribution < -0.4 is 10.7 Å². The van der Waals surface area contributed by atoms with E-state index >= 15 is 0 Å². The minimum Gasteiger partial charge on any atom is -0.331 e. The van der Waals surface area contributed by atoms with Gasteiger partial charge in [-0.3, -0.25) is 5.43 Å². The summed E-state index contributed by atoms with van der Waals surface area (Å²) in [6.07, 6.45) is 5.44. The second kappa shape index (κ2) is 7.93. The molecule has 0 unspecified atom stereocenters. The monoisotopic (exact) mass is 363 g/mol. The number of aromatic nitrogens is 2. The van der Waals surface area contributed by atoms with E-state index in [-0.39, 0.29) is 0 Å². The molecule has 3 rings (SSSR count). The van der Waals surface area contributed by atoms with E-state index in [0.717, 1.165) is 28.2 Å². The van der Waals surface area contributed by atoms with Crippen LogP contribution in [-0.4, -0.2) is 20.4 Å². The smallest absolute Gasteiger partial charge is 0.191 e. The van der Waals surface area contributed by atoms with Gasteiger partial charge in [0.15, 0.2) is 5.11 Å². The zero-order valence-electron chi connectivity index (χ0n) is 15.0. The van der Waals surface area contributed by atoms with E-state index < -0.39 is 0 Å². The van der Waals surface area contributed by atoms with Crippen molar-refractivity contribution in [3.8, 4) is 5.69 Å². The molecule has 0 aliphatic carbocycles. The summed E-state index contributed by atoms with van der Waals surface area (Å²) >= 11 is 5.34. The van der Waals surface area contributed by atoms with E-state index in [4.69, 9.17) is 12.2 Å². The fourth-order valence-corrected chi connectivity index (χ4v) is 2.66. The minimum absolute atomic E-state index is 0.466. The highest BCUT2D eigenvalue weighted by molar-refractivity contribution is 7.80. The molecular formula is C20H21N5S. The number of anilines is 1. The van der Waals surface area contributed by atoms with Crippen LogP contribution in [0.5, 0.6) is 0 Å². The summed E-state index contributed by atoms with van der Waals surface area (Å²) in [6, 6.07) is 14.3. The molecule has 1 heterocycles. The van der Waals surface area contributed by atoms with Gasteiger partial charge in [-0.1, -0.05) is 24.3 Å². The summed E-state index contributed by atoms with van der Waals surface area (Å²) in [6.45, 7) is 6.04. The number of nitrogens with one attached hydrogen (secondary N) is 2. The van der Waals surface area contributed by atoms with Gasteiger partial charge in [0.25, 0.3) is 0 Å². The maximum atomic E-state index is 5.34. The Morgan fingerprint density at radius 2 is 1.88 bits per heavy atom. The number of imidazole rings is 1. The van der Waals surface area contributed by atoms with Gasteiger partial charge in [0.1, 0.15) is 0 Å². The van der Waals surface area contributed by atoms with Crippen molar-refractivity contribution < 1.29 is 0 Å². The quantitative estimate of drug-likeness (QED) is 0.414. The molecule has 2 aromatic carbocycles. The molecule has 0 saturated heterocycles. The molecule has 0 radical (unpaired) electrons. The molecule has 132 valence electrons. The molecule has 0 bridgehead atoms. The van der Waals surface area contributed by atoms with Crippen molar-refractivity contribution in [1.82, 2.24) is 15.0 Å². The van der Waals surface area contributed by atoms with Crippen LogP contribution in [0.1, 0.15) is 23.6 Å². The molecule has 0 fully saturated rings. The zero-order valence-corrected chi connectivity index (χ0v) is 15.8. The summed E-state index contributed by atoms with van der Waals surface area (Å²) in [5.41, 5.74) is 9.14. The maximum absolute atomic E-state index is 5.34. The second-order valence-electron chi connectivity index (χ2n) is 6.10. The third-order valence-electron chi connectivity index (χ3n) is 4.05. The Bertz CT molecular complexity index is 927. The molecule has 1 aromatic heterocycles. The molecule has 5 nitrogen and oxygen atoms in total. The van der Waals surface area contributed by atoms with Crippen molar-refractivity contribution in [2.75, 3.05) is 5.32 Å². The van der Waals surface area contributed by atoms with E-state index in [0.29, 0.717) is 5.11 Å². The number of hydrogen-bond acceptors (Lipinski definition) is 3. The fraction of sp³-hybridized carbons (Fsp3) is 0.150. The number of benzene rings is 2. The average molecular weight is 363 g/mol. The number of thiocarbonyl (C=S) groups is 1. The summed E-state index contributed by atoms with van der Waals surface area (Å²) in [5, 5.41) is 8.03. The Balaban J connectivity index is 1.64. The van der Waals surface area contributed by atoms with Crippen molar-refractivity contribution in [1.29, 1.82) is 0 Å². The third kappa shape index (κ3) is 4.34. The van der Waals surface area contributed by atoms with Crippen LogP contribution >= 0.6 is 12.2 Å². The van der Waals surface area contributed by atoms with Gasteiger partial charge in [0.2, 0.25) is 0 Å². The molecule has 3 aromatic rings. The van der Waals surface area contributed by atoms with Crippen LogP contribution in [0.15, 0.2) is 66.3 Å². The molecule has 0 atom stereocenters. The molecule has 0 amide bonds. The summed E-state index contributed by atoms with van der Waals surface area (Å²) < 4.78 is 1.96. The summed E-state index contributed by atoms with van der Waals surface area (Å²) in [4.78, 5) is 4.06. The number of nitrogens with zero attached hydrogens (tertiary/aromatic N) is 3. The number of aryl methyl sites for hydroxylation is 2. The molecule has 26 heavy (non-hydrogen) atoms. The van der Waals surface area contributed by atoms with Crippen molar-refractivity contribution in [3.05, 3.63) is 77.9 Å². The maximum Gasteiger partial charge on any atom is 0.191 e. The lowest BCUT2D eigenvalue weighted by atomic mass is 10.1. The first-order valence-electron chi connectivity index (χ1n) is 8.30. The number of hydrogen-bond donors (Lipinski definition) is 2. The topological polar surface area (TPSA) is 54.2 Å². The predicted octanol–water partition coefficient (Wildman–Crippen LogP) is 4.20. The molecule has 0 aliphatic rings. The lowest BCUT2D eigenvalue weighted by molar-refractivity contribution is 1.03. The van der Waals surface area contributed by atoms with Crippen LogP contribution in [0.25, 0.3) is 5.69 Å². The normalized spacial score (nSPS) is 11.3. The Morgan fingerprint density at radius 3 is 2.58 bits per heavy atom. The number of hydrazone groups is 1. The minimum atomic E-state index is 0.466. The van der Waals surface area contributed by atoms with E-state index in [2.05, 4.69) is 46.0 Å². The van der Waals surface area contributed by atoms with Gasteiger partial charge >= 0.3 is 0 Å². The van der Waals surface area contributed by atoms with Gasteiger partial charge in [-0.25, -0.2) is 4.98 Å².